The Bertz CT molecular complexity index is 747. The van der Waals surface area contributed by atoms with E-state index in [2.05, 4.69) is 57.3 Å². The molecular formula is C20H24BNO2S2. The summed E-state index contributed by atoms with van der Waals surface area (Å²) in [5, 5.41) is 3.24. The van der Waals surface area contributed by atoms with Gasteiger partial charge in [0.2, 0.25) is 0 Å². The van der Waals surface area contributed by atoms with Crippen LogP contribution in [0.15, 0.2) is 54.6 Å². The largest absolute Gasteiger partial charge is 0.494 e. The van der Waals surface area contributed by atoms with Crippen LogP contribution in [0, 0.1) is 0 Å². The van der Waals surface area contributed by atoms with Gasteiger partial charge in [0.05, 0.1) is 11.2 Å². The van der Waals surface area contributed by atoms with E-state index >= 15 is 0 Å². The number of hydrogen-bond acceptors (Lipinski definition) is 4. The molecule has 3 nitrogen and oxygen atoms in total. The number of rotatable bonds is 4. The van der Waals surface area contributed by atoms with Crippen LogP contribution in [0.2, 0.25) is 0 Å². The highest BCUT2D eigenvalue weighted by Gasteiger charge is 2.51. The van der Waals surface area contributed by atoms with Crippen LogP contribution in [0.4, 0.5) is 5.69 Å². The van der Waals surface area contributed by atoms with Crippen molar-refractivity contribution in [3.8, 4) is 0 Å². The molecule has 1 fully saturated rings. The quantitative estimate of drug-likeness (QED) is 0.613. The maximum absolute atomic E-state index is 6.10. The third kappa shape index (κ3) is 4.49. The molecular weight excluding hydrogens is 361 g/mol. The fourth-order valence-electron chi connectivity index (χ4n) is 2.57. The number of thioether (sulfide) groups is 1. The molecule has 0 saturated carbocycles. The predicted octanol–water partition coefficient (Wildman–Crippen LogP) is 4.62. The average molecular weight is 385 g/mol. The van der Waals surface area contributed by atoms with Gasteiger partial charge in [0.15, 0.2) is 0 Å². The smallest absolute Gasteiger partial charge is 0.399 e. The van der Waals surface area contributed by atoms with Gasteiger partial charge in [-0.15, -0.1) is 0 Å². The Morgan fingerprint density at radius 3 is 2.12 bits per heavy atom. The maximum Gasteiger partial charge on any atom is 0.494 e. The Labute approximate surface area is 166 Å². The summed E-state index contributed by atoms with van der Waals surface area (Å²) in [7, 11) is -0.317. The first-order chi connectivity index (χ1) is 12.3. The van der Waals surface area contributed by atoms with Crippen LogP contribution in [0.5, 0.6) is 0 Å². The molecule has 26 heavy (non-hydrogen) atoms. The second-order valence-corrected chi connectivity index (χ2v) is 9.05. The molecule has 0 radical (unpaired) electrons. The van der Waals surface area contributed by atoms with Gasteiger partial charge < -0.3 is 14.6 Å². The van der Waals surface area contributed by atoms with Gasteiger partial charge in [-0.3, -0.25) is 0 Å². The lowest BCUT2D eigenvalue weighted by Gasteiger charge is -2.32. The second kappa shape index (κ2) is 7.73. The van der Waals surface area contributed by atoms with Gasteiger partial charge in [-0.1, -0.05) is 66.4 Å². The van der Waals surface area contributed by atoms with Crippen molar-refractivity contribution in [2.45, 2.75) is 44.6 Å². The van der Waals surface area contributed by atoms with Gasteiger partial charge in [-0.2, -0.15) is 0 Å². The van der Waals surface area contributed by atoms with Crippen molar-refractivity contribution in [1.82, 2.24) is 0 Å². The number of hydrogen-bond donors (Lipinski definition) is 1. The molecule has 6 heteroatoms. The SMILES string of the molecule is CC1(C)OB(c2ccc(CSC(=S)Nc3ccccc3)cc2)OC1(C)C. The summed E-state index contributed by atoms with van der Waals surface area (Å²) < 4.78 is 13.0. The monoisotopic (exact) mass is 385 g/mol. The topological polar surface area (TPSA) is 30.5 Å². The Hall–Kier alpha value is -1.34. The van der Waals surface area contributed by atoms with E-state index in [-0.39, 0.29) is 18.3 Å². The van der Waals surface area contributed by atoms with Crippen LogP contribution < -0.4 is 10.8 Å². The standard InChI is InChI=1S/C20H24BNO2S2/c1-19(2)20(3,4)24-21(23-19)16-12-10-15(11-13-16)14-26-18(25)22-17-8-6-5-7-9-17/h5-13H,14H2,1-4H3,(H,22,25). The van der Waals surface area contributed by atoms with Crippen LogP contribution in [0.25, 0.3) is 0 Å². The molecule has 2 aromatic carbocycles. The lowest BCUT2D eigenvalue weighted by atomic mass is 9.79. The average Bonchev–Trinajstić information content (AvgIpc) is 2.82. The van der Waals surface area contributed by atoms with Crippen molar-refractivity contribution in [1.29, 1.82) is 0 Å². The number of para-hydroxylation sites is 1. The summed E-state index contributed by atoms with van der Waals surface area (Å²) in [4.78, 5) is 0. The number of thiocarbonyl (C=S) groups is 1. The second-order valence-electron chi connectivity index (χ2n) is 7.40. The Morgan fingerprint density at radius 2 is 1.54 bits per heavy atom. The van der Waals surface area contributed by atoms with Crippen LogP contribution in [-0.2, 0) is 15.1 Å². The first kappa shape index (κ1) is 19.4. The van der Waals surface area contributed by atoms with E-state index in [0.29, 0.717) is 0 Å². The zero-order chi connectivity index (χ0) is 18.8. The van der Waals surface area contributed by atoms with E-state index in [4.69, 9.17) is 21.5 Å². The highest BCUT2D eigenvalue weighted by molar-refractivity contribution is 8.22. The van der Waals surface area contributed by atoms with Gasteiger partial charge >= 0.3 is 7.12 Å². The molecule has 1 heterocycles. The number of benzene rings is 2. The molecule has 2 aromatic rings. The van der Waals surface area contributed by atoms with Gasteiger partial charge in [0, 0.05) is 11.4 Å². The Kier molecular flexibility index (Phi) is 5.77. The van der Waals surface area contributed by atoms with Crippen molar-refractivity contribution in [3.63, 3.8) is 0 Å². The van der Waals surface area contributed by atoms with Gasteiger partial charge in [-0.05, 0) is 50.9 Å². The summed E-state index contributed by atoms with van der Waals surface area (Å²) in [6, 6.07) is 18.4. The van der Waals surface area contributed by atoms with Crippen molar-refractivity contribution >= 4 is 46.6 Å². The molecule has 0 atom stereocenters. The number of anilines is 1. The molecule has 0 amide bonds. The van der Waals surface area contributed by atoms with E-state index in [1.807, 2.05) is 30.3 Å². The van der Waals surface area contributed by atoms with Crippen LogP contribution in [0.1, 0.15) is 33.3 Å². The maximum atomic E-state index is 6.10. The summed E-state index contributed by atoms with van der Waals surface area (Å²) in [5.41, 5.74) is 2.64. The summed E-state index contributed by atoms with van der Waals surface area (Å²) in [6.45, 7) is 8.27. The minimum Gasteiger partial charge on any atom is -0.399 e. The van der Waals surface area contributed by atoms with Crippen LogP contribution >= 0.6 is 24.0 Å². The zero-order valence-corrected chi connectivity index (χ0v) is 17.2. The molecule has 1 N–H and O–H groups in total. The van der Waals surface area contributed by atoms with Crippen LogP contribution in [0.3, 0.4) is 0 Å². The predicted molar refractivity (Wildman–Crippen MR) is 116 cm³/mol. The van der Waals surface area contributed by atoms with E-state index in [1.54, 1.807) is 11.8 Å². The Morgan fingerprint density at radius 1 is 0.962 bits per heavy atom. The fraction of sp³-hybridized carbons (Fsp3) is 0.350. The van der Waals surface area contributed by atoms with E-state index in [1.165, 1.54) is 5.56 Å². The minimum atomic E-state index is -0.318. The molecule has 136 valence electrons. The van der Waals surface area contributed by atoms with Gasteiger partial charge in [0.1, 0.15) is 4.32 Å². The zero-order valence-electron chi connectivity index (χ0n) is 15.6. The summed E-state index contributed by atoms with van der Waals surface area (Å²) in [5.74, 6) is 0.822. The van der Waals surface area contributed by atoms with Crippen molar-refractivity contribution in [2.75, 3.05) is 5.32 Å². The summed E-state index contributed by atoms with van der Waals surface area (Å²) >= 11 is 7.03. The molecule has 0 aromatic heterocycles. The lowest BCUT2D eigenvalue weighted by Crippen LogP contribution is -2.41. The highest BCUT2D eigenvalue weighted by Crippen LogP contribution is 2.36. The van der Waals surface area contributed by atoms with E-state index < -0.39 is 0 Å². The molecule has 0 unspecified atom stereocenters. The molecule has 1 aliphatic rings. The Balaban J connectivity index is 1.54. The van der Waals surface area contributed by atoms with E-state index in [0.717, 1.165) is 21.2 Å². The van der Waals surface area contributed by atoms with Crippen molar-refractivity contribution < 1.29 is 9.31 Å². The molecule has 0 aliphatic carbocycles. The minimum absolute atomic E-state index is 0.317. The third-order valence-corrected chi connectivity index (χ3v) is 6.19. The fourth-order valence-corrected chi connectivity index (χ4v) is 3.55. The lowest BCUT2D eigenvalue weighted by molar-refractivity contribution is 0.00578. The van der Waals surface area contributed by atoms with E-state index in [9.17, 15) is 0 Å². The molecule has 0 spiro atoms. The third-order valence-electron chi connectivity index (χ3n) is 4.90. The summed E-state index contributed by atoms with van der Waals surface area (Å²) in [6.07, 6.45) is 0. The normalized spacial score (nSPS) is 17.9. The van der Waals surface area contributed by atoms with Gasteiger partial charge in [0.25, 0.3) is 0 Å². The molecule has 1 aliphatic heterocycles. The first-order valence-corrected chi connectivity index (χ1v) is 10.1. The van der Waals surface area contributed by atoms with Crippen molar-refractivity contribution in [3.05, 3.63) is 60.2 Å². The molecule has 0 bridgehead atoms. The van der Waals surface area contributed by atoms with Gasteiger partial charge in [-0.25, -0.2) is 0 Å². The number of nitrogens with one attached hydrogen (secondary N) is 1. The molecule has 3 rings (SSSR count). The highest BCUT2D eigenvalue weighted by atomic mass is 32.2. The first-order valence-electron chi connectivity index (χ1n) is 8.70. The molecule has 1 saturated heterocycles. The van der Waals surface area contributed by atoms with Crippen molar-refractivity contribution in [2.24, 2.45) is 0 Å². The van der Waals surface area contributed by atoms with Crippen LogP contribution in [-0.4, -0.2) is 22.6 Å².